The van der Waals surface area contributed by atoms with Crippen LogP contribution < -0.4 is 5.32 Å². The number of carbonyl (C=O) groups is 1. The lowest BCUT2D eigenvalue weighted by atomic mass is 10.2. The van der Waals surface area contributed by atoms with Gasteiger partial charge in [-0.2, -0.15) is 0 Å². The van der Waals surface area contributed by atoms with E-state index in [1.807, 2.05) is 6.92 Å². The van der Waals surface area contributed by atoms with Crippen molar-refractivity contribution in [2.24, 2.45) is 4.99 Å². The number of aliphatic imine (C=N–C) groups is 1. The van der Waals surface area contributed by atoms with Crippen LogP contribution in [0.2, 0.25) is 0 Å². The van der Waals surface area contributed by atoms with Gasteiger partial charge in [-0.3, -0.25) is 4.79 Å². The molecule has 0 atom stereocenters. The first kappa shape index (κ1) is 21.2. The Hall–Kier alpha value is -2.10. The largest absolute Gasteiger partial charge is 0.459 e. The molecule has 0 bridgehead atoms. The molecule has 1 aromatic heterocycles. The van der Waals surface area contributed by atoms with Crippen molar-refractivity contribution in [2.45, 2.75) is 13.5 Å². The number of rotatable bonds is 4. The van der Waals surface area contributed by atoms with E-state index in [-0.39, 0.29) is 35.7 Å². The third-order valence-electron chi connectivity index (χ3n) is 4.26. The number of nitrogens with one attached hydrogen (secondary N) is 1. The van der Waals surface area contributed by atoms with Gasteiger partial charge in [-0.1, -0.05) is 12.1 Å². The average Bonchev–Trinajstić information content (AvgIpc) is 3.21. The summed E-state index contributed by atoms with van der Waals surface area (Å²) in [4.78, 5) is 20.9. The summed E-state index contributed by atoms with van der Waals surface area (Å²) in [6.07, 6.45) is 1.51. The Morgan fingerprint density at radius 2 is 1.81 bits per heavy atom. The minimum atomic E-state index is -0.248. The van der Waals surface area contributed by atoms with Gasteiger partial charge in [0, 0.05) is 32.7 Å². The van der Waals surface area contributed by atoms with E-state index >= 15 is 0 Å². The van der Waals surface area contributed by atoms with Crippen LogP contribution in [0.4, 0.5) is 4.39 Å². The number of piperazine rings is 1. The zero-order valence-electron chi connectivity index (χ0n) is 15.2. The van der Waals surface area contributed by atoms with Crippen LogP contribution in [-0.4, -0.2) is 54.4 Å². The molecule has 1 N–H and O–H groups in total. The highest BCUT2D eigenvalue weighted by Crippen LogP contribution is 2.10. The number of amides is 1. The zero-order chi connectivity index (χ0) is 18.4. The van der Waals surface area contributed by atoms with Gasteiger partial charge in [0.15, 0.2) is 11.7 Å². The van der Waals surface area contributed by atoms with Gasteiger partial charge in [0.2, 0.25) is 0 Å². The third-order valence-corrected chi connectivity index (χ3v) is 4.26. The van der Waals surface area contributed by atoms with Crippen LogP contribution in [0.1, 0.15) is 23.0 Å². The SMILES string of the molecule is CCNC(=NCc1ccc(F)cc1)N1CCN(C(=O)c2ccco2)CC1.I. The van der Waals surface area contributed by atoms with Gasteiger partial charge in [0.05, 0.1) is 12.8 Å². The number of hydrogen-bond donors (Lipinski definition) is 1. The molecule has 8 heteroatoms. The predicted octanol–water partition coefficient (Wildman–Crippen LogP) is 2.96. The van der Waals surface area contributed by atoms with Crippen molar-refractivity contribution in [3.8, 4) is 0 Å². The number of halogens is 2. The molecule has 0 saturated carbocycles. The van der Waals surface area contributed by atoms with Crippen LogP contribution >= 0.6 is 24.0 Å². The first-order valence-electron chi connectivity index (χ1n) is 8.78. The van der Waals surface area contributed by atoms with Crippen LogP contribution in [0.5, 0.6) is 0 Å². The Bertz CT molecular complexity index is 742. The van der Waals surface area contributed by atoms with Gasteiger partial charge >= 0.3 is 0 Å². The highest BCUT2D eigenvalue weighted by Gasteiger charge is 2.25. The van der Waals surface area contributed by atoms with E-state index in [2.05, 4.69) is 15.2 Å². The zero-order valence-corrected chi connectivity index (χ0v) is 17.6. The highest BCUT2D eigenvalue weighted by atomic mass is 127. The van der Waals surface area contributed by atoms with Gasteiger partial charge in [0.25, 0.3) is 5.91 Å². The topological polar surface area (TPSA) is 61.1 Å². The maximum Gasteiger partial charge on any atom is 0.289 e. The lowest BCUT2D eigenvalue weighted by molar-refractivity contribution is 0.0657. The third kappa shape index (κ3) is 5.69. The minimum Gasteiger partial charge on any atom is -0.459 e. The number of furan rings is 1. The summed E-state index contributed by atoms with van der Waals surface area (Å²) in [7, 11) is 0. The number of nitrogens with zero attached hydrogens (tertiary/aromatic N) is 3. The molecule has 2 aromatic rings. The second-order valence-corrected chi connectivity index (χ2v) is 6.05. The van der Waals surface area contributed by atoms with Crippen molar-refractivity contribution in [1.29, 1.82) is 0 Å². The van der Waals surface area contributed by atoms with Crippen LogP contribution in [0.25, 0.3) is 0 Å². The summed E-state index contributed by atoms with van der Waals surface area (Å²) in [5.41, 5.74) is 0.952. The first-order chi connectivity index (χ1) is 12.7. The van der Waals surface area contributed by atoms with Crippen molar-refractivity contribution in [3.05, 3.63) is 59.8 Å². The predicted molar refractivity (Wildman–Crippen MR) is 113 cm³/mol. The number of guanidine groups is 1. The number of carbonyl (C=O) groups excluding carboxylic acids is 1. The Morgan fingerprint density at radius 3 is 2.41 bits per heavy atom. The van der Waals surface area contributed by atoms with Crippen LogP contribution in [0, 0.1) is 5.82 Å². The Labute approximate surface area is 175 Å². The Kier molecular flexibility index (Phi) is 8.08. The Balaban J connectivity index is 0.00000261. The summed E-state index contributed by atoms with van der Waals surface area (Å²) in [5.74, 6) is 0.849. The summed E-state index contributed by atoms with van der Waals surface area (Å²) in [6.45, 7) is 5.87. The van der Waals surface area contributed by atoms with Crippen LogP contribution in [0.15, 0.2) is 52.1 Å². The van der Waals surface area contributed by atoms with Crippen LogP contribution in [-0.2, 0) is 6.54 Å². The number of hydrogen-bond acceptors (Lipinski definition) is 3. The van der Waals surface area contributed by atoms with E-state index in [4.69, 9.17) is 4.42 Å². The molecule has 1 aromatic carbocycles. The molecule has 0 radical (unpaired) electrons. The molecule has 3 rings (SSSR count). The smallest absolute Gasteiger partial charge is 0.289 e. The summed E-state index contributed by atoms with van der Waals surface area (Å²) in [6, 6.07) is 9.76. The van der Waals surface area contributed by atoms with Crippen molar-refractivity contribution in [3.63, 3.8) is 0 Å². The molecule has 0 aliphatic carbocycles. The minimum absolute atomic E-state index is 0. The van der Waals surface area contributed by atoms with Crippen molar-refractivity contribution in [1.82, 2.24) is 15.1 Å². The average molecular weight is 486 g/mol. The Morgan fingerprint density at radius 1 is 1.15 bits per heavy atom. The molecule has 1 saturated heterocycles. The molecule has 1 amide bonds. The van der Waals surface area contributed by atoms with E-state index in [9.17, 15) is 9.18 Å². The van der Waals surface area contributed by atoms with Gasteiger partial charge in [0.1, 0.15) is 5.82 Å². The second kappa shape index (κ2) is 10.3. The van der Waals surface area contributed by atoms with E-state index in [0.717, 1.165) is 18.1 Å². The molecule has 0 spiro atoms. The molecule has 1 fully saturated rings. The van der Waals surface area contributed by atoms with E-state index in [1.54, 1.807) is 29.2 Å². The molecule has 1 aliphatic heterocycles. The van der Waals surface area contributed by atoms with Gasteiger partial charge in [-0.25, -0.2) is 9.38 Å². The fourth-order valence-corrected chi connectivity index (χ4v) is 2.86. The number of benzene rings is 1. The molecular formula is C19H24FIN4O2. The maximum atomic E-state index is 13.0. The van der Waals surface area contributed by atoms with Gasteiger partial charge in [-0.15, -0.1) is 24.0 Å². The monoisotopic (exact) mass is 486 g/mol. The molecule has 27 heavy (non-hydrogen) atoms. The second-order valence-electron chi connectivity index (χ2n) is 6.05. The molecule has 2 heterocycles. The fraction of sp³-hybridized carbons (Fsp3) is 0.368. The normalized spacial score (nSPS) is 14.7. The lowest BCUT2D eigenvalue weighted by Gasteiger charge is -2.36. The fourth-order valence-electron chi connectivity index (χ4n) is 2.86. The molecule has 6 nitrogen and oxygen atoms in total. The van der Waals surface area contributed by atoms with Gasteiger partial charge in [-0.05, 0) is 36.8 Å². The molecule has 1 aliphatic rings. The highest BCUT2D eigenvalue weighted by molar-refractivity contribution is 14.0. The molecular weight excluding hydrogens is 462 g/mol. The summed E-state index contributed by atoms with van der Waals surface area (Å²) >= 11 is 0. The molecule has 146 valence electrons. The summed E-state index contributed by atoms with van der Waals surface area (Å²) < 4.78 is 18.2. The standard InChI is InChI=1S/C19H23FN4O2.HI/c1-2-21-19(22-14-15-5-7-16(20)8-6-15)24-11-9-23(10-12-24)18(25)17-4-3-13-26-17;/h3-8,13H,2,9-12,14H2,1H3,(H,21,22);1H. The van der Waals surface area contributed by atoms with Crippen molar-refractivity contribution >= 4 is 35.8 Å². The van der Waals surface area contributed by atoms with Crippen molar-refractivity contribution < 1.29 is 13.6 Å². The summed E-state index contributed by atoms with van der Waals surface area (Å²) in [5, 5.41) is 3.29. The van der Waals surface area contributed by atoms with Crippen molar-refractivity contribution in [2.75, 3.05) is 32.7 Å². The molecule has 0 unspecified atom stereocenters. The maximum absolute atomic E-state index is 13.0. The van der Waals surface area contributed by atoms with Crippen LogP contribution in [0.3, 0.4) is 0 Å². The van der Waals surface area contributed by atoms with E-state index in [0.29, 0.717) is 38.5 Å². The van der Waals surface area contributed by atoms with E-state index < -0.39 is 0 Å². The van der Waals surface area contributed by atoms with E-state index in [1.165, 1.54) is 18.4 Å². The lowest BCUT2D eigenvalue weighted by Crippen LogP contribution is -2.53. The first-order valence-corrected chi connectivity index (χ1v) is 8.78. The quantitative estimate of drug-likeness (QED) is 0.410. The van der Waals surface area contributed by atoms with Gasteiger partial charge < -0.3 is 19.5 Å².